The third kappa shape index (κ3) is 3.88. The van der Waals surface area contributed by atoms with E-state index in [4.69, 9.17) is 5.11 Å². The number of halogens is 5. The lowest BCUT2D eigenvalue weighted by Gasteiger charge is -2.16. The molecule has 0 aliphatic heterocycles. The third-order valence-electron chi connectivity index (χ3n) is 2.72. The molecule has 1 atom stereocenters. The molecular weight excluding hydrogens is 326 g/mol. The van der Waals surface area contributed by atoms with Crippen molar-refractivity contribution in [2.75, 3.05) is 5.32 Å². The highest BCUT2D eigenvalue weighted by molar-refractivity contribution is 5.85. The average molecular weight is 336 g/mol. The summed E-state index contributed by atoms with van der Waals surface area (Å²) in [6.45, 7) is 0. The number of nitrogens with one attached hydrogen (secondary N) is 1. The van der Waals surface area contributed by atoms with Gasteiger partial charge in [0.1, 0.15) is 5.82 Å². The van der Waals surface area contributed by atoms with Crippen LogP contribution in [0, 0.1) is 23.3 Å². The summed E-state index contributed by atoms with van der Waals surface area (Å²) in [5.41, 5.74) is -0.226. The first-order chi connectivity index (χ1) is 9.88. The molecule has 0 aliphatic carbocycles. The number of anilines is 1. The Balaban J connectivity index is 0.00000242. The molecule has 0 fully saturated rings. The molecule has 0 radical (unpaired) electrons. The van der Waals surface area contributed by atoms with Crippen LogP contribution in [0.25, 0.3) is 0 Å². The molecule has 0 aliphatic rings. The van der Waals surface area contributed by atoms with Gasteiger partial charge in [0.15, 0.2) is 23.5 Å². The van der Waals surface area contributed by atoms with Gasteiger partial charge in [0.2, 0.25) is 0 Å². The maximum Gasteiger partial charge on any atom is 0.330 e. The van der Waals surface area contributed by atoms with Crippen molar-refractivity contribution in [1.29, 1.82) is 0 Å². The van der Waals surface area contributed by atoms with E-state index in [1.54, 1.807) is 0 Å². The Morgan fingerprint density at radius 1 is 1.05 bits per heavy atom. The van der Waals surface area contributed by atoms with Gasteiger partial charge in [-0.25, -0.2) is 22.4 Å². The van der Waals surface area contributed by atoms with E-state index in [-0.39, 0.29) is 23.7 Å². The molecule has 2 rings (SSSR count). The summed E-state index contributed by atoms with van der Waals surface area (Å²) in [5, 5.41) is 11.4. The zero-order valence-electron chi connectivity index (χ0n) is 10.8. The van der Waals surface area contributed by atoms with Gasteiger partial charge in [-0.3, -0.25) is 0 Å². The molecule has 0 amide bonds. The molecule has 0 heterocycles. The summed E-state index contributed by atoms with van der Waals surface area (Å²) in [6, 6.07) is 4.53. The minimum atomic E-state index is -1.65. The van der Waals surface area contributed by atoms with Crippen LogP contribution in [0.1, 0.15) is 11.6 Å². The average Bonchev–Trinajstić information content (AvgIpc) is 2.41. The highest BCUT2D eigenvalue weighted by atomic mass is 35.5. The van der Waals surface area contributed by atoms with Crippen molar-refractivity contribution in [2.24, 2.45) is 0 Å². The number of aliphatic carboxylic acids is 1. The molecule has 0 saturated heterocycles. The molecule has 2 N–H and O–H groups in total. The number of carboxylic acid groups (broad SMARTS) is 1. The Morgan fingerprint density at radius 2 is 1.64 bits per heavy atom. The molecule has 2 aromatic carbocycles. The Morgan fingerprint density at radius 3 is 2.14 bits per heavy atom. The molecule has 118 valence electrons. The number of carboxylic acids is 1. The van der Waals surface area contributed by atoms with Crippen molar-refractivity contribution in [3.8, 4) is 0 Å². The summed E-state index contributed by atoms with van der Waals surface area (Å²) < 4.78 is 52.2. The molecule has 22 heavy (non-hydrogen) atoms. The largest absolute Gasteiger partial charge is 0.479 e. The number of rotatable bonds is 4. The van der Waals surface area contributed by atoms with Gasteiger partial charge in [0.05, 0.1) is 0 Å². The first kappa shape index (κ1) is 17.8. The summed E-state index contributed by atoms with van der Waals surface area (Å²) in [4.78, 5) is 11.2. The summed E-state index contributed by atoms with van der Waals surface area (Å²) in [7, 11) is 0. The lowest BCUT2D eigenvalue weighted by Crippen LogP contribution is -2.21. The van der Waals surface area contributed by atoms with Crippen molar-refractivity contribution in [3.05, 3.63) is 65.2 Å². The zero-order valence-corrected chi connectivity index (χ0v) is 11.6. The van der Waals surface area contributed by atoms with E-state index in [0.29, 0.717) is 12.1 Å². The van der Waals surface area contributed by atoms with Gasteiger partial charge in [-0.2, -0.15) is 0 Å². The lowest BCUT2D eigenvalue weighted by atomic mass is 10.1. The van der Waals surface area contributed by atoms with Crippen LogP contribution in [0.4, 0.5) is 23.2 Å². The van der Waals surface area contributed by atoms with Crippen LogP contribution < -0.4 is 5.32 Å². The van der Waals surface area contributed by atoms with E-state index in [1.807, 2.05) is 0 Å². The topological polar surface area (TPSA) is 49.3 Å². The van der Waals surface area contributed by atoms with Crippen molar-refractivity contribution in [3.63, 3.8) is 0 Å². The predicted molar refractivity (Wildman–Crippen MR) is 74.0 cm³/mol. The van der Waals surface area contributed by atoms with Crippen LogP contribution in [0.15, 0.2) is 36.4 Å². The highest BCUT2D eigenvalue weighted by Gasteiger charge is 2.21. The fourth-order valence-corrected chi connectivity index (χ4v) is 1.78. The van der Waals surface area contributed by atoms with E-state index in [0.717, 1.165) is 12.1 Å². The van der Waals surface area contributed by atoms with E-state index in [1.165, 1.54) is 12.1 Å². The minimum Gasteiger partial charge on any atom is -0.479 e. The Hall–Kier alpha value is -2.28. The fraction of sp³-hybridized carbons (Fsp3) is 0.0714. The maximum absolute atomic E-state index is 13.1. The second-order valence-corrected chi connectivity index (χ2v) is 4.22. The van der Waals surface area contributed by atoms with Crippen LogP contribution in [-0.4, -0.2) is 11.1 Å². The van der Waals surface area contributed by atoms with Crippen molar-refractivity contribution < 1.29 is 27.5 Å². The molecule has 2 aromatic rings. The number of carbonyl (C=O) groups is 1. The van der Waals surface area contributed by atoms with Gasteiger partial charge in [-0.1, -0.05) is 12.1 Å². The highest BCUT2D eigenvalue weighted by Crippen LogP contribution is 2.23. The zero-order chi connectivity index (χ0) is 15.6. The molecule has 3 nitrogen and oxygen atoms in total. The SMILES string of the molecule is Cl.O=C(O)C(Nc1cc(F)c(F)c(F)c1)c1cccc(F)c1. The maximum atomic E-state index is 13.1. The Kier molecular flexibility index (Phi) is 5.76. The summed E-state index contributed by atoms with van der Waals surface area (Å²) >= 11 is 0. The molecule has 0 bridgehead atoms. The minimum absolute atomic E-state index is 0. The molecule has 0 saturated carbocycles. The van der Waals surface area contributed by atoms with Gasteiger partial charge in [0, 0.05) is 17.8 Å². The monoisotopic (exact) mass is 335 g/mol. The number of hydrogen-bond donors (Lipinski definition) is 2. The van der Waals surface area contributed by atoms with Crippen molar-refractivity contribution >= 4 is 24.1 Å². The smallest absolute Gasteiger partial charge is 0.330 e. The lowest BCUT2D eigenvalue weighted by molar-refractivity contribution is -0.138. The van der Waals surface area contributed by atoms with Gasteiger partial charge >= 0.3 is 5.97 Å². The first-order valence-corrected chi connectivity index (χ1v) is 5.78. The second kappa shape index (κ2) is 7.13. The van der Waals surface area contributed by atoms with Crippen LogP contribution in [0.5, 0.6) is 0 Å². The molecule has 8 heteroatoms. The van der Waals surface area contributed by atoms with Gasteiger partial charge in [0.25, 0.3) is 0 Å². The molecular formula is C14H10ClF4NO2. The molecule has 1 unspecified atom stereocenters. The molecule has 0 aromatic heterocycles. The second-order valence-electron chi connectivity index (χ2n) is 4.22. The van der Waals surface area contributed by atoms with Crippen LogP contribution in [-0.2, 0) is 4.79 Å². The Labute approximate surface area is 129 Å². The molecule has 0 spiro atoms. The first-order valence-electron chi connectivity index (χ1n) is 5.78. The normalized spacial score (nSPS) is 11.5. The fourth-order valence-electron chi connectivity index (χ4n) is 1.78. The van der Waals surface area contributed by atoms with E-state index in [9.17, 15) is 22.4 Å². The quantitative estimate of drug-likeness (QED) is 0.658. The van der Waals surface area contributed by atoms with Crippen LogP contribution in [0.3, 0.4) is 0 Å². The van der Waals surface area contributed by atoms with Gasteiger partial charge in [-0.05, 0) is 17.7 Å². The number of hydrogen-bond acceptors (Lipinski definition) is 2. The number of benzene rings is 2. The van der Waals surface area contributed by atoms with E-state index < -0.39 is 35.3 Å². The van der Waals surface area contributed by atoms with Gasteiger partial charge < -0.3 is 10.4 Å². The van der Waals surface area contributed by atoms with Crippen LogP contribution >= 0.6 is 12.4 Å². The van der Waals surface area contributed by atoms with Crippen molar-refractivity contribution in [2.45, 2.75) is 6.04 Å². The van der Waals surface area contributed by atoms with Gasteiger partial charge in [-0.15, -0.1) is 12.4 Å². The Bertz CT molecular complexity index is 673. The standard InChI is InChI=1S/C14H9F4NO2.ClH/c15-8-3-1-2-7(4-8)13(14(20)21)19-9-5-10(16)12(18)11(17)6-9;/h1-6,13,19H,(H,20,21);1H. The van der Waals surface area contributed by atoms with E-state index in [2.05, 4.69) is 5.32 Å². The summed E-state index contributed by atoms with van der Waals surface area (Å²) in [5.74, 6) is -6.61. The van der Waals surface area contributed by atoms with E-state index >= 15 is 0 Å². The third-order valence-corrected chi connectivity index (χ3v) is 2.72. The summed E-state index contributed by atoms with van der Waals surface area (Å²) in [6.07, 6.45) is 0. The predicted octanol–water partition coefficient (Wildman–Crippen LogP) is 3.90. The van der Waals surface area contributed by atoms with Crippen molar-refractivity contribution in [1.82, 2.24) is 0 Å². The van der Waals surface area contributed by atoms with Crippen LogP contribution in [0.2, 0.25) is 0 Å².